The van der Waals surface area contributed by atoms with Crippen LogP contribution in [0.5, 0.6) is 5.75 Å². The van der Waals surface area contributed by atoms with Crippen molar-refractivity contribution in [3.05, 3.63) is 69.3 Å². The Morgan fingerprint density at radius 2 is 1.92 bits per heavy atom. The van der Waals surface area contributed by atoms with Crippen LogP contribution in [0.25, 0.3) is 0 Å². The van der Waals surface area contributed by atoms with Crippen LogP contribution < -0.4 is 10.1 Å². The van der Waals surface area contributed by atoms with Crippen molar-refractivity contribution < 1.29 is 14.5 Å². The highest BCUT2D eigenvalue weighted by Gasteiger charge is 2.23. The predicted molar refractivity (Wildman–Crippen MR) is 91.3 cm³/mol. The number of nitro groups is 1. The Bertz CT molecular complexity index is 741. The van der Waals surface area contributed by atoms with Crippen molar-refractivity contribution >= 4 is 11.6 Å². The molecule has 1 atom stereocenters. The van der Waals surface area contributed by atoms with Gasteiger partial charge < -0.3 is 10.1 Å². The summed E-state index contributed by atoms with van der Waals surface area (Å²) in [5, 5.41) is 14.0. The number of nitrogens with one attached hydrogen (secondary N) is 1. The zero-order valence-corrected chi connectivity index (χ0v) is 13.9. The summed E-state index contributed by atoms with van der Waals surface area (Å²) in [5.41, 5.74) is 1.26. The smallest absolute Gasteiger partial charge is 0.285 e. The molecule has 0 radical (unpaired) electrons. The first-order chi connectivity index (χ1) is 11.4. The third-order valence-electron chi connectivity index (χ3n) is 3.70. The second-order valence-corrected chi connectivity index (χ2v) is 5.43. The minimum Gasteiger partial charge on any atom is -0.494 e. The van der Waals surface area contributed by atoms with Crippen molar-refractivity contribution in [3.8, 4) is 5.75 Å². The quantitative estimate of drug-likeness (QED) is 0.646. The lowest BCUT2D eigenvalue weighted by Gasteiger charge is -2.15. The van der Waals surface area contributed by atoms with Crippen molar-refractivity contribution in [2.75, 3.05) is 6.61 Å². The van der Waals surface area contributed by atoms with Gasteiger partial charge in [-0.25, -0.2) is 0 Å². The molecule has 24 heavy (non-hydrogen) atoms. The summed E-state index contributed by atoms with van der Waals surface area (Å²) >= 11 is 0. The van der Waals surface area contributed by atoms with E-state index in [-0.39, 0.29) is 17.3 Å². The molecule has 0 saturated carbocycles. The van der Waals surface area contributed by atoms with Crippen molar-refractivity contribution in [3.63, 3.8) is 0 Å². The summed E-state index contributed by atoms with van der Waals surface area (Å²) in [7, 11) is 0. The van der Waals surface area contributed by atoms with Crippen LogP contribution in [0.2, 0.25) is 0 Å². The molecule has 1 N–H and O–H groups in total. The Hall–Kier alpha value is -2.89. The zero-order valence-electron chi connectivity index (χ0n) is 13.9. The van der Waals surface area contributed by atoms with Gasteiger partial charge in [0.25, 0.3) is 11.6 Å². The summed E-state index contributed by atoms with van der Waals surface area (Å²) in [6.07, 6.45) is 0. The molecule has 0 bridgehead atoms. The highest BCUT2D eigenvalue weighted by molar-refractivity contribution is 5.98. The van der Waals surface area contributed by atoms with Crippen LogP contribution in [-0.2, 0) is 0 Å². The van der Waals surface area contributed by atoms with Gasteiger partial charge in [0.15, 0.2) is 0 Å². The van der Waals surface area contributed by atoms with E-state index >= 15 is 0 Å². The average Bonchev–Trinajstić information content (AvgIpc) is 2.55. The first-order valence-electron chi connectivity index (χ1n) is 7.71. The van der Waals surface area contributed by atoms with Crippen LogP contribution >= 0.6 is 0 Å². The molecule has 1 unspecified atom stereocenters. The standard InChI is InChI=1S/C18H20N2O4/c1-4-24-15-10-8-14(9-11-15)13(3)19-18(21)16-7-5-6-12(2)17(16)20(22)23/h5-11,13H,4H2,1-3H3,(H,19,21). The molecule has 0 heterocycles. The number of nitrogens with zero attached hydrogens (tertiary/aromatic N) is 1. The highest BCUT2D eigenvalue weighted by atomic mass is 16.6. The molecule has 126 valence electrons. The highest BCUT2D eigenvalue weighted by Crippen LogP contribution is 2.24. The maximum absolute atomic E-state index is 12.4. The minimum atomic E-state index is -0.522. The van der Waals surface area contributed by atoms with Crippen LogP contribution in [0.4, 0.5) is 5.69 Å². The second kappa shape index (κ2) is 7.59. The summed E-state index contributed by atoms with van der Waals surface area (Å²) in [5.74, 6) is 0.292. The Balaban J connectivity index is 2.17. The number of para-hydroxylation sites is 1. The molecule has 1 amide bonds. The van der Waals surface area contributed by atoms with E-state index in [9.17, 15) is 14.9 Å². The lowest BCUT2D eigenvalue weighted by molar-refractivity contribution is -0.385. The van der Waals surface area contributed by atoms with Gasteiger partial charge in [-0.3, -0.25) is 14.9 Å². The molecule has 2 rings (SSSR count). The van der Waals surface area contributed by atoms with E-state index in [1.54, 1.807) is 19.1 Å². The second-order valence-electron chi connectivity index (χ2n) is 5.43. The molecule has 0 aliphatic heterocycles. The molecule has 2 aromatic rings. The fourth-order valence-corrected chi connectivity index (χ4v) is 2.46. The van der Waals surface area contributed by atoms with Crippen LogP contribution in [-0.4, -0.2) is 17.4 Å². The van der Waals surface area contributed by atoms with Gasteiger partial charge in [0.1, 0.15) is 11.3 Å². The number of hydrogen-bond acceptors (Lipinski definition) is 4. The number of carbonyl (C=O) groups excluding carboxylic acids is 1. The van der Waals surface area contributed by atoms with E-state index < -0.39 is 10.8 Å². The van der Waals surface area contributed by atoms with Gasteiger partial charge in [0.2, 0.25) is 0 Å². The summed E-state index contributed by atoms with van der Waals surface area (Å²) in [6.45, 7) is 5.94. The van der Waals surface area contributed by atoms with E-state index in [0.29, 0.717) is 12.2 Å². The number of ether oxygens (including phenoxy) is 1. The number of rotatable bonds is 6. The molecular weight excluding hydrogens is 308 g/mol. The maximum Gasteiger partial charge on any atom is 0.285 e. The number of amides is 1. The Morgan fingerprint density at radius 1 is 1.25 bits per heavy atom. The summed E-state index contributed by atoms with van der Waals surface area (Å²) in [6, 6.07) is 11.8. The molecule has 6 nitrogen and oxygen atoms in total. The normalized spacial score (nSPS) is 11.6. The topological polar surface area (TPSA) is 81.5 Å². The van der Waals surface area contributed by atoms with Crippen molar-refractivity contribution in [2.45, 2.75) is 26.8 Å². The average molecular weight is 328 g/mol. The van der Waals surface area contributed by atoms with Crippen molar-refractivity contribution in [2.24, 2.45) is 0 Å². The van der Waals surface area contributed by atoms with Gasteiger partial charge in [-0.15, -0.1) is 0 Å². The first kappa shape index (κ1) is 17.5. The monoisotopic (exact) mass is 328 g/mol. The van der Waals surface area contributed by atoms with E-state index in [4.69, 9.17) is 4.74 Å². The largest absolute Gasteiger partial charge is 0.494 e. The number of hydrogen-bond donors (Lipinski definition) is 1. The van der Waals surface area contributed by atoms with Gasteiger partial charge in [0.05, 0.1) is 17.6 Å². The third kappa shape index (κ3) is 3.90. The SMILES string of the molecule is CCOc1ccc(C(C)NC(=O)c2cccc(C)c2[N+](=O)[O-])cc1. The predicted octanol–water partition coefficient (Wildman–Crippen LogP) is 3.79. The molecular formula is C18H20N2O4. The summed E-state index contributed by atoms with van der Waals surface area (Å²) < 4.78 is 5.38. The molecule has 2 aromatic carbocycles. The molecule has 6 heteroatoms. The fourth-order valence-electron chi connectivity index (χ4n) is 2.46. The number of benzene rings is 2. The van der Waals surface area contributed by atoms with E-state index in [0.717, 1.165) is 11.3 Å². The molecule has 0 aliphatic rings. The number of carbonyl (C=O) groups is 1. The lowest BCUT2D eigenvalue weighted by atomic mass is 10.1. The Kier molecular flexibility index (Phi) is 5.52. The molecule has 0 spiro atoms. The fraction of sp³-hybridized carbons (Fsp3) is 0.278. The maximum atomic E-state index is 12.4. The van der Waals surface area contributed by atoms with Gasteiger partial charge in [0, 0.05) is 5.56 Å². The Labute approximate surface area is 140 Å². The molecule has 0 fully saturated rings. The lowest BCUT2D eigenvalue weighted by Crippen LogP contribution is -2.27. The minimum absolute atomic E-state index is 0.0674. The third-order valence-corrected chi connectivity index (χ3v) is 3.70. The van der Waals surface area contributed by atoms with E-state index in [1.807, 2.05) is 38.1 Å². The van der Waals surface area contributed by atoms with Crippen LogP contribution in [0, 0.1) is 17.0 Å². The van der Waals surface area contributed by atoms with Gasteiger partial charge in [-0.1, -0.05) is 24.3 Å². The van der Waals surface area contributed by atoms with E-state index in [2.05, 4.69) is 5.32 Å². The van der Waals surface area contributed by atoms with Crippen LogP contribution in [0.1, 0.15) is 41.4 Å². The van der Waals surface area contributed by atoms with Crippen molar-refractivity contribution in [1.29, 1.82) is 0 Å². The van der Waals surface area contributed by atoms with Crippen molar-refractivity contribution in [1.82, 2.24) is 5.32 Å². The van der Waals surface area contributed by atoms with E-state index in [1.165, 1.54) is 6.07 Å². The molecule has 0 saturated heterocycles. The molecule has 0 aliphatic carbocycles. The summed E-state index contributed by atoms with van der Waals surface area (Å²) in [4.78, 5) is 23.1. The van der Waals surface area contributed by atoms with Gasteiger partial charge >= 0.3 is 0 Å². The van der Waals surface area contributed by atoms with Crippen LogP contribution in [0.15, 0.2) is 42.5 Å². The van der Waals surface area contributed by atoms with Gasteiger partial charge in [-0.2, -0.15) is 0 Å². The Morgan fingerprint density at radius 3 is 2.50 bits per heavy atom. The number of aryl methyl sites for hydroxylation is 1. The first-order valence-corrected chi connectivity index (χ1v) is 7.71. The van der Waals surface area contributed by atoms with Gasteiger partial charge in [-0.05, 0) is 44.5 Å². The van der Waals surface area contributed by atoms with Crippen LogP contribution in [0.3, 0.4) is 0 Å². The zero-order chi connectivity index (χ0) is 17.7. The molecule has 0 aromatic heterocycles. The number of nitro benzene ring substituents is 1.